The number of phenolic OH excluding ortho intramolecular Hbond substituents is 1. The van der Waals surface area contributed by atoms with Crippen LogP contribution in [0.5, 0.6) is 5.75 Å². The van der Waals surface area contributed by atoms with Crippen molar-refractivity contribution in [3.8, 4) is 16.9 Å². The zero-order chi connectivity index (χ0) is 30.6. The van der Waals surface area contributed by atoms with Gasteiger partial charge in [-0.1, -0.05) is 42.5 Å². The average molecular weight is 585 g/mol. The number of fused-ring (bicyclic) bond motifs is 3. The maximum absolute atomic E-state index is 13.7. The van der Waals surface area contributed by atoms with Crippen molar-refractivity contribution in [3.63, 3.8) is 0 Å². The van der Waals surface area contributed by atoms with Crippen molar-refractivity contribution < 1.29 is 39.2 Å². The van der Waals surface area contributed by atoms with E-state index in [0.717, 1.165) is 22.3 Å². The number of nitrogens with two attached hydrogens (primary N) is 1. The lowest BCUT2D eigenvalue weighted by atomic mass is 9.59. The number of hydrogen-bond acceptors (Lipinski definition) is 8. The van der Waals surface area contributed by atoms with Gasteiger partial charge in [0.1, 0.15) is 28.7 Å². The van der Waals surface area contributed by atoms with Crippen LogP contribution in [-0.4, -0.2) is 43.5 Å². The number of aliphatic hydroxyl groups is 3. The summed E-state index contributed by atoms with van der Waals surface area (Å²) in [6.45, 7) is 1.04. The number of carbonyl (C=O) groups excluding carboxylic acids is 3. The summed E-state index contributed by atoms with van der Waals surface area (Å²) in [4.78, 5) is 38.1. The highest BCUT2D eigenvalue weighted by Crippen LogP contribution is 2.53. The van der Waals surface area contributed by atoms with Crippen LogP contribution in [-0.2, 0) is 33.9 Å². The minimum Gasteiger partial charge on any atom is -0.508 e. The molecule has 3 atom stereocenters. The summed E-state index contributed by atoms with van der Waals surface area (Å²) in [5.74, 6) is -6.87. The van der Waals surface area contributed by atoms with E-state index in [9.17, 15) is 39.2 Å². The van der Waals surface area contributed by atoms with Crippen LogP contribution < -0.4 is 11.1 Å². The van der Waals surface area contributed by atoms with Crippen molar-refractivity contribution in [3.05, 3.63) is 106 Å². The maximum Gasteiger partial charge on any atom is 0.255 e. The second kappa shape index (κ2) is 10.5. The third-order valence-corrected chi connectivity index (χ3v) is 8.76. The molecule has 43 heavy (non-hydrogen) atoms. The second-order valence-electron chi connectivity index (χ2n) is 11.3. The molecule has 10 heteroatoms. The molecule has 0 spiro atoms. The Morgan fingerprint density at radius 1 is 0.977 bits per heavy atom. The summed E-state index contributed by atoms with van der Waals surface area (Å²) in [5.41, 5.74) is 5.64. The lowest BCUT2D eigenvalue weighted by molar-refractivity contribution is -0.147. The van der Waals surface area contributed by atoms with E-state index >= 15 is 0 Å². The highest BCUT2D eigenvalue weighted by atomic mass is 19.1. The highest BCUT2D eigenvalue weighted by molar-refractivity contribution is 6.22. The number of nitrogens with one attached hydrogen (secondary N) is 1. The number of halogens is 1. The van der Waals surface area contributed by atoms with Gasteiger partial charge in [-0.05, 0) is 64.8 Å². The maximum atomic E-state index is 13.7. The Morgan fingerprint density at radius 2 is 1.70 bits per heavy atom. The third-order valence-electron chi connectivity index (χ3n) is 8.76. The van der Waals surface area contributed by atoms with Crippen LogP contribution in [0.25, 0.3) is 16.9 Å². The average Bonchev–Trinajstić information content (AvgIpc) is 2.95. The monoisotopic (exact) mass is 584 g/mol. The molecule has 6 rings (SSSR count). The lowest BCUT2D eigenvalue weighted by Gasteiger charge is -2.46. The van der Waals surface area contributed by atoms with Gasteiger partial charge >= 0.3 is 0 Å². The summed E-state index contributed by atoms with van der Waals surface area (Å²) >= 11 is 0. The van der Waals surface area contributed by atoms with E-state index in [1.807, 2.05) is 30.3 Å². The van der Waals surface area contributed by atoms with Crippen LogP contribution in [0.15, 0.2) is 77.6 Å². The van der Waals surface area contributed by atoms with Gasteiger partial charge in [0.05, 0.1) is 5.56 Å². The molecule has 0 aliphatic heterocycles. The summed E-state index contributed by atoms with van der Waals surface area (Å²) in [6.07, 6.45) is -0.0907. The molecule has 0 bridgehead atoms. The van der Waals surface area contributed by atoms with Crippen molar-refractivity contribution >= 4 is 23.2 Å². The van der Waals surface area contributed by atoms with Crippen LogP contribution in [0.2, 0.25) is 0 Å². The van der Waals surface area contributed by atoms with Crippen LogP contribution in [0.3, 0.4) is 0 Å². The Hall–Kier alpha value is -4.80. The Balaban J connectivity index is 1.31. The van der Waals surface area contributed by atoms with Crippen molar-refractivity contribution in [2.24, 2.45) is 17.6 Å². The van der Waals surface area contributed by atoms with E-state index in [2.05, 4.69) is 5.32 Å². The first-order chi connectivity index (χ1) is 20.5. The minimum absolute atomic E-state index is 0.0467. The second-order valence-corrected chi connectivity index (χ2v) is 11.3. The lowest BCUT2D eigenvalue weighted by Crippen LogP contribution is -2.58. The van der Waals surface area contributed by atoms with Crippen molar-refractivity contribution in [2.45, 2.75) is 38.0 Å². The standard InChI is InChI=1S/C33H29FN2O7/c34-21-3-1-2-17(10-21)15-36-14-16-4-6-18(7-5-16)22-8-9-24(37)27-23(22)12-19-11-20-13-25(38)28(32(35)42)31(41)33(20,43)30(40)26(19)29(27)39/h1-10,19-20,36-37,39,41,43H,11-15H2,(H2,35,42)/t19-,20+,33+/m1/s1. The molecule has 9 nitrogen and oxygen atoms in total. The van der Waals surface area contributed by atoms with E-state index in [1.54, 1.807) is 12.1 Å². The molecule has 220 valence electrons. The predicted molar refractivity (Wildman–Crippen MR) is 154 cm³/mol. The number of carbonyl (C=O) groups is 3. The number of hydrogen-bond donors (Lipinski definition) is 6. The van der Waals surface area contributed by atoms with Gasteiger partial charge in [0.25, 0.3) is 5.91 Å². The molecule has 0 saturated heterocycles. The summed E-state index contributed by atoms with van der Waals surface area (Å²) in [5, 5.41) is 47.5. The van der Waals surface area contributed by atoms with Crippen LogP contribution in [0.1, 0.15) is 35.1 Å². The molecule has 3 aliphatic carbocycles. The van der Waals surface area contributed by atoms with E-state index < -0.39 is 52.0 Å². The molecular weight excluding hydrogens is 555 g/mol. The SMILES string of the molecule is NC(=O)C1=C(O)[C@@]2(O)C(=O)C3=C(O)c4c(O)ccc(-c5ccc(CNCc6cccc(F)c6)cc5)c4C[C@H]3C[C@H]2CC1=O. The van der Waals surface area contributed by atoms with Gasteiger partial charge in [-0.3, -0.25) is 14.4 Å². The fraction of sp³-hybridized carbons (Fsp3) is 0.242. The topological polar surface area (TPSA) is 170 Å². The van der Waals surface area contributed by atoms with Crippen molar-refractivity contribution in [1.29, 1.82) is 0 Å². The fourth-order valence-corrected chi connectivity index (χ4v) is 6.69. The third kappa shape index (κ3) is 4.59. The molecule has 0 radical (unpaired) electrons. The number of rotatable bonds is 6. The zero-order valence-corrected chi connectivity index (χ0v) is 22.9. The van der Waals surface area contributed by atoms with E-state index in [0.29, 0.717) is 18.7 Å². The quantitative estimate of drug-likeness (QED) is 0.239. The Kier molecular flexibility index (Phi) is 6.90. The number of aliphatic hydroxyl groups excluding tert-OH is 2. The molecule has 1 saturated carbocycles. The van der Waals surface area contributed by atoms with Gasteiger partial charge in [0.2, 0.25) is 5.78 Å². The van der Waals surface area contributed by atoms with Crippen LogP contribution in [0.4, 0.5) is 4.39 Å². The van der Waals surface area contributed by atoms with E-state index in [1.165, 1.54) is 18.2 Å². The zero-order valence-electron chi connectivity index (χ0n) is 22.9. The number of ketones is 2. The van der Waals surface area contributed by atoms with Crippen LogP contribution >= 0.6 is 0 Å². The number of primary amides is 1. The Labute approximate surface area is 245 Å². The molecule has 3 aliphatic rings. The first-order valence-electron chi connectivity index (χ1n) is 13.9. The number of amides is 1. The molecular formula is C33H29FN2O7. The Morgan fingerprint density at radius 3 is 2.40 bits per heavy atom. The molecule has 0 aromatic heterocycles. The smallest absolute Gasteiger partial charge is 0.255 e. The highest BCUT2D eigenvalue weighted by Gasteiger charge is 2.60. The van der Waals surface area contributed by atoms with Crippen molar-refractivity contribution in [1.82, 2.24) is 5.32 Å². The van der Waals surface area contributed by atoms with Gasteiger partial charge < -0.3 is 31.5 Å². The van der Waals surface area contributed by atoms with Crippen molar-refractivity contribution in [2.75, 3.05) is 0 Å². The summed E-state index contributed by atoms with van der Waals surface area (Å²) in [6, 6.07) is 17.2. The number of benzene rings is 3. The predicted octanol–water partition coefficient (Wildman–Crippen LogP) is 3.52. The Bertz CT molecular complexity index is 1760. The molecule has 0 unspecified atom stereocenters. The van der Waals surface area contributed by atoms with Gasteiger partial charge in [0.15, 0.2) is 11.4 Å². The first-order valence-corrected chi connectivity index (χ1v) is 13.9. The summed E-state index contributed by atoms with van der Waals surface area (Å²) < 4.78 is 13.4. The minimum atomic E-state index is -2.60. The van der Waals surface area contributed by atoms with Crippen LogP contribution in [0, 0.1) is 17.7 Å². The molecule has 3 aromatic carbocycles. The van der Waals surface area contributed by atoms with E-state index in [-0.39, 0.29) is 42.0 Å². The summed E-state index contributed by atoms with van der Waals surface area (Å²) in [7, 11) is 0. The van der Waals surface area contributed by atoms with Gasteiger partial charge in [-0.25, -0.2) is 4.39 Å². The largest absolute Gasteiger partial charge is 0.508 e. The molecule has 7 N–H and O–H groups in total. The number of aromatic hydroxyl groups is 1. The van der Waals surface area contributed by atoms with Gasteiger partial charge in [-0.2, -0.15) is 0 Å². The molecule has 1 amide bonds. The molecule has 1 fully saturated rings. The first kappa shape index (κ1) is 28.3. The van der Waals surface area contributed by atoms with Gasteiger partial charge in [-0.15, -0.1) is 0 Å². The normalized spacial score (nSPS) is 23.1. The van der Waals surface area contributed by atoms with E-state index in [4.69, 9.17) is 5.73 Å². The fourth-order valence-electron chi connectivity index (χ4n) is 6.69. The number of Topliss-reactive ketones (excluding diaryl/α,β-unsaturated/α-hetero) is 2. The molecule has 3 aromatic rings. The number of phenols is 1. The van der Waals surface area contributed by atoms with Gasteiger partial charge in [0, 0.05) is 31.0 Å². The molecule has 0 heterocycles.